The summed E-state index contributed by atoms with van der Waals surface area (Å²) in [5.41, 5.74) is 6.20. The third-order valence-corrected chi connectivity index (χ3v) is 10.1. The maximum absolute atomic E-state index is 11.6. The summed E-state index contributed by atoms with van der Waals surface area (Å²) in [4.78, 5) is 23.6. The molecule has 2 N–H and O–H groups in total. The Morgan fingerprint density at radius 2 is 1.58 bits per heavy atom. The summed E-state index contributed by atoms with van der Waals surface area (Å²) in [6.07, 6.45) is 1.65. The molecule has 2 fully saturated rings. The van der Waals surface area contributed by atoms with Crippen LogP contribution >= 0.6 is 23.2 Å². The molecule has 2 aromatic carbocycles. The average molecular weight is 691 g/mol. The maximum atomic E-state index is 11.6. The van der Waals surface area contributed by atoms with Crippen molar-refractivity contribution in [1.82, 2.24) is 25.5 Å². The van der Waals surface area contributed by atoms with Gasteiger partial charge in [0.1, 0.15) is 12.4 Å². The first-order valence-corrected chi connectivity index (χ1v) is 16.7. The fourth-order valence-corrected chi connectivity index (χ4v) is 7.26. The number of rotatable bonds is 11. The van der Waals surface area contributed by atoms with Crippen molar-refractivity contribution in [2.75, 3.05) is 47.6 Å². The molecule has 12 heteroatoms. The lowest BCUT2D eigenvalue weighted by Gasteiger charge is -2.38. The number of aromatic nitrogens is 2. The van der Waals surface area contributed by atoms with Gasteiger partial charge in [0.05, 0.1) is 53.4 Å². The largest absolute Gasteiger partial charge is 0.491 e. The zero-order valence-electron chi connectivity index (χ0n) is 27.0. The van der Waals surface area contributed by atoms with Gasteiger partial charge in [-0.25, -0.2) is 9.97 Å². The smallest absolute Gasteiger partial charge is 0.222 e. The van der Waals surface area contributed by atoms with E-state index in [-0.39, 0.29) is 24.1 Å². The predicted molar refractivity (Wildman–Crippen MR) is 185 cm³/mol. The van der Waals surface area contributed by atoms with Gasteiger partial charge in [-0.1, -0.05) is 65.7 Å². The number of nitrogens with zero attached hydrogens (tertiary/aromatic N) is 3. The molecule has 0 radical (unpaired) electrons. The second-order valence-electron chi connectivity index (χ2n) is 12.3. The molecule has 0 spiro atoms. The number of hydrogen-bond acceptors (Lipinski definition) is 9. The van der Waals surface area contributed by atoms with Crippen LogP contribution in [-0.4, -0.2) is 80.5 Å². The first kappa shape index (κ1) is 32.6. The van der Waals surface area contributed by atoms with Crippen molar-refractivity contribution in [3.05, 3.63) is 75.8 Å². The number of carbonyl (C=O) groups excluding carboxylic acids is 1. The van der Waals surface area contributed by atoms with Gasteiger partial charge in [-0.05, 0) is 12.5 Å². The number of benzene rings is 2. The fourth-order valence-electron chi connectivity index (χ4n) is 6.61. The van der Waals surface area contributed by atoms with Crippen LogP contribution in [0.4, 0.5) is 0 Å². The van der Waals surface area contributed by atoms with Crippen LogP contribution < -0.4 is 24.8 Å². The lowest BCUT2D eigenvalue weighted by Crippen LogP contribution is -2.50. The topological polar surface area (TPSA) is 107 Å². The van der Waals surface area contributed by atoms with Crippen LogP contribution in [-0.2, 0) is 16.1 Å². The molecule has 3 aliphatic heterocycles. The lowest BCUT2D eigenvalue weighted by molar-refractivity contribution is -0.119. The molecule has 48 heavy (non-hydrogen) atoms. The van der Waals surface area contributed by atoms with E-state index in [0.717, 1.165) is 59.4 Å². The summed E-state index contributed by atoms with van der Waals surface area (Å²) >= 11 is 14.2. The van der Waals surface area contributed by atoms with Gasteiger partial charge in [0.25, 0.3) is 0 Å². The van der Waals surface area contributed by atoms with Crippen molar-refractivity contribution in [2.45, 2.75) is 37.6 Å². The Kier molecular flexibility index (Phi) is 9.44. The van der Waals surface area contributed by atoms with E-state index in [1.165, 1.54) is 0 Å². The van der Waals surface area contributed by atoms with E-state index in [0.29, 0.717) is 58.5 Å². The van der Waals surface area contributed by atoms with E-state index >= 15 is 0 Å². The number of halogens is 2. The van der Waals surface area contributed by atoms with Gasteiger partial charge in [-0.3, -0.25) is 9.69 Å². The van der Waals surface area contributed by atoms with Crippen molar-refractivity contribution in [1.29, 1.82) is 0 Å². The number of pyridine rings is 2. The molecule has 0 bridgehead atoms. The molecule has 7 rings (SSSR count). The number of ether oxygens (including phenoxy) is 4. The van der Waals surface area contributed by atoms with Crippen molar-refractivity contribution < 1.29 is 23.7 Å². The number of nitrogens with one attached hydrogen (secondary N) is 2. The molecule has 2 atom stereocenters. The summed E-state index contributed by atoms with van der Waals surface area (Å²) < 4.78 is 22.9. The second kappa shape index (κ2) is 13.9. The third kappa shape index (κ3) is 6.31. The van der Waals surface area contributed by atoms with Crippen LogP contribution in [0, 0.1) is 0 Å². The highest BCUT2D eigenvalue weighted by molar-refractivity contribution is 6.39. The Morgan fingerprint density at radius 3 is 2.23 bits per heavy atom. The van der Waals surface area contributed by atoms with Gasteiger partial charge >= 0.3 is 0 Å². The minimum Gasteiger partial charge on any atom is -0.491 e. The molecule has 2 saturated heterocycles. The van der Waals surface area contributed by atoms with Gasteiger partial charge in [0.2, 0.25) is 17.7 Å². The minimum absolute atomic E-state index is 0.0889. The molecule has 10 nitrogen and oxygen atoms in total. The highest BCUT2D eigenvalue weighted by Gasteiger charge is 2.32. The Hall–Kier alpha value is -3.93. The molecule has 3 aliphatic rings. The second-order valence-corrected chi connectivity index (χ2v) is 13.0. The van der Waals surface area contributed by atoms with E-state index in [9.17, 15) is 4.79 Å². The summed E-state index contributed by atoms with van der Waals surface area (Å²) in [6.45, 7) is 3.57. The quantitative estimate of drug-likeness (QED) is 0.198. The van der Waals surface area contributed by atoms with Crippen LogP contribution in [0.5, 0.6) is 17.5 Å². The third-order valence-electron chi connectivity index (χ3n) is 9.25. The number of amides is 1. The molecule has 0 saturated carbocycles. The molecular weight excluding hydrogens is 653 g/mol. The van der Waals surface area contributed by atoms with Crippen molar-refractivity contribution >= 4 is 29.1 Å². The van der Waals surface area contributed by atoms with Crippen LogP contribution in [0.25, 0.3) is 33.6 Å². The van der Waals surface area contributed by atoms with E-state index in [2.05, 4.69) is 15.5 Å². The number of fused-ring (bicyclic) bond motifs is 1. The highest BCUT2D eigenvalue weighted by Crippen LogP contribution is 2.45. The molecule has 5 heterocycles. The molecule has 250 valence electrons. The Balaban J connectivity index is 1.16. The monoisotopic (exact) mass is 689 g/mol. The molecule has 0 aliphatic carbocycles. The van der Waals surface area contributed by atoms with Crippen LogP contribution in [0.1, 0.15) is 30.0 Å². The lowest BCUT2D eigenvalue weighted by atomic mass is 9.97. The van der Waals surface area contributed by atoms with Gasteiger partial charge in [0.15, 0.2) is 0 Å². The van der Waals surface area contributed by atoms with E-state index in [1.807, 2.05) is 54.6 Å². The van der Waals surface area contributed by atoms with Crippen LogP contribution in [0.3, 0.4) is 0 Å². The number of methoxy groups -OCH3 is 3. The van der Waals surface area contributed by atoms with Crippen LogP contribution in [0.2, 0.25) is 10.0 Å². The first-order chi connectivity index (χ1) is 23.4. The van der Waals surface area contributed by atoms with Crippen molar-refractivity contribution in [3.8, 4) is 51.2 Å². The maximum Gasteiger partial charge on any atom is 0.222 e. The van der Waals surface area contributed by atoms with E-state index < -0.39 is 0 Å². The number of carbonyl (C=O) groups is 1. The molecule has 1 amide bonds. The highest BCUT2D eigenvalue weighted by atomic mass is 35.5. The number of likely N-dealkylation sites (tertiary alicyclic amines) is 1. The first-order valence-electron chi connectivity index (χ1n) is 16.0. The Bertz CT molecular complexity index is 1850. The molecule has 4 aromatic rings. The van der Waals surface area contributed by atoms with Gasteiger partial charge in [-0.15, -0.1) is 0 Å². The number of hydrogen-bond donors (Lipinski definition) is 2. The molecular formula is C36H37Cl2N5O5. The normalized spacial score (nSPS) is 19.1. The fraction of sp³-hybridized carbons (Fsp3) is 0.361. The summed E-state index contributed by atoms with van der Waals surface area (Å²) in [5.74, 6) is 1.80. The summed E-state index contributed by atoms with van der Waals surface area (Å²) in [7, 11) is 4.97. The zero-order chi connectivity index (χ0) is 33.4. The minimum atomic E-state index is -0.114. The van der Waals surface area contributed by atoms with Crippen LogP contribution in [0.15, 0.2) is 54.6 Å². The standard InChI is InChI=1S/C36H37Cl2N5O5/c1-45-22-17-43(18-22)16-20-10-12-27(41-35(20)46-2)25-8-4-6-23(33(25)37)24-7-5-9-26(34(24)38)28-14-30-32(36(42-28)47-3)29(19-48-30)39-15-21-11-13-31(44)40-21/h4-10,12,14,21-22,29,39H,11,13,15-19H2,1-3H3,(H,40,44). The van der Waals surface area contributed by atoms with Gasteiger partial charge in [0, 0.05) is 79.6 Å². The molecule has 2 aromatic heterocycles. The Labute approximate surface area is 289 Å². The zero-order valence-corrected chi connectivity index (χ0v) is 28.5. The SMILES string of the molecule is COc1nc(-c2cccc(-c3cccc(-c4cc5c(c(OC)n4)C(NCC4CCC(=O)N4)CO5)c3Cl)c2Cl)ccc1CN1CC(OC)C1. The van der Waals surface area contributed by atoms with Gasteiger partial charge < -0.3 is 29.6 Å². The summed E-state index contributed by atoms with van der Waals surface area (Å²) in [6, 6.07) is 17.5. The predicted octanol–water partition coefficient (Wildman–Crippen LogP) is 5.93. The van der Waals surface area contributed by atoms with E-state index in [4.69, 9.17) is 52.1 Å². The average Bonchev–Trinajstić information content (AvgIpc) is 3.70. The molecule has 2 unspecified atom stereocenters. The van der Waals surface area contributed by atoms with Crippen molar-refractivity contribution in [3.63, 3.8) is 0 Å². The van der Waals surface area contributed by atoms with Gasteiger partial charge in [-0.2, -0.15) is 0 Å². The van der Waals surface area contributed by atoms with Crippen molar-refractivity contribution in [2.24, 2.45) is 0 Å². The summed E-state index contributed by atoms with van der Waals surface area (Å²) in [5, 5.41) is 7.53. The Morgan fingerprint density at radius 1 is 0.917 bits per heavy atom. The van der Waals surface area contributed by atoms with E-state index in [1.54, 1.807) is 21.3 Å².